The number of piperidine rings is 1. The number of hydrogen-bond donors (Lipinski definition) is 2. The van der Waals surface area contributed by atoms with Crippen LogP contribution in [-0.2, 0) is 4.79 Å². The molecule has 112 valence electrons. The van der Waals surface area contributed by atoms with Gasteiger partial charge in [0.2, 0.25) is 5.91 Å². The summed E-state index contributed by atoms with van der Waals surface area (Å²) < 4.78 is 0. The summed E-state index contributed by atoms with van der Waals surface area (Å²) in [5.41, 5.74) is -0.313. The molecule has 1 amide bonds. The molecule has 1 heterocycles. The Morgan fingerprint density at radius 2 is 2.16 bits per heavy atom. The molecule has 0 spiro atoms. The first-order valence-corrected chi connectivity index (χ1v) is 7.51. The predicted molar refractivity (Wildman–Crippen MR) is 77.9 cm³/mol. The van der Waals surface area contributed by atoms with Crippen molar-refractivity contribution >= 4 is 5.91 Å². The molecule has 1 fully saturated rings. The first-order chi connectivity index (χ1) is 8.82. The van der Waals surface area contributed by atoms with E-state index in [1.165, 1.54) is 6.42 Å². The van der Waals surface area contributed by atoms with Gasteiger partial charge >= 0.3 is 0 Å². The van der Waals surface area contributed by atoms with E-state index in [9.17, 15) is 9.90 Å². The maximum Gasteiger partial charge on any atom is 0.225 e. The van der Waals surface area contributed by atoms with Crippen LogP contribution in [0.5, 0.6) is 0 Å². The van der Waals surface area contributed by atoms with Gasteiger partial charge in [-0.25, -0.2) is 0 Å². The summed E-state index contributed by atoms with van der Waals surface area (Å²) in [5, 5.41) is 12.8. The van der Waals surface area contributed by atoms with Crippen LogP contribution in [-0.4, -0.2) is 48.2 Å². The summed E-state index contributed by atoms with van der Waals surface area (Å²) in [6, 6.07) is 0. The molecule has 1 unspecified atom stereocenters. The molecule has 4 nitrogen and oxygen atoms in total. The Labute approximate surface area is 117 Å². The van der Waals surface area contributed by atoms with Gasteiger partial charge in [0.1, 0.15) is 0 Å². The van der Waals surface area contributed by atoms with Gasteiger partial charge < -0.3 is 15.3 Å². The van der Waals surface area contributed by atoms with E-state index < -0.39 is 0 Å². The minimum atomic E-state index is -0.313. The van der Waals surface area contributed by atoms with Gasteiger partial charge in [0.15, 0.2) is 0 Å². The molecule has 19 heavy (non-hydrogen) atoms. The average Bonchev–Trinajstić information content (AvgIpc) is 2.35. The minimum Gasteiger partial charge on any atom is -0.392 e. The number of hydrogen-bond acceptors (Lipinski definition) is 3. The third-order valence-electron chi connectivity index (χ3n) is 3.78. The zero-order valence-corrected chi connectivity index (χ0v) is 12.9. The third kappa shape index (κ3) is 5.91. The molecule has 1 aliphatic heterocycles. The first-order valence-electron chi connectivity index (χ1n) is 7.51. The van der Waals surface area contributed by atoms with Crippen LogP contribution in [0.1, 0.15) is 47.0 Å². The molecule has 1 saturated heterocycles. The zero-order valence-electron chi connectivity index (χ0n) is 12.9. The van der Waals surface area contributed by atoms with Crippen LogP contribution >= 0.6 is 0 Å². The van der Waals surface area contributed by atoms with E-state index in [4.69, 9.17) is 0 Å². The summed E-state index contributed by atoms with van der Waals surface area (Å²) in [6.07, 6.45) is 2.92. The van der Waals surface area contributed by atoms with E-state index in [1.807, 2.05) is 27.7 Å². The number of carbonyl (C=O) groups excluding carboxylic acids is 1. The fraction of sp³-hybridized carbons (Fsp3) is 0.933. The molecule has 0 bridgehead atoms. The van der Waals surface area contributed by atoms with E-state index in [-0.39, 0.29) is 17.4 Å². The maximum atomic E-state index is 11.8. The second kappa shape index (κ2) is 7.25. The van der Waals surface area contributed by atoms with Crippen LogP contribution in [0.3, 0.4) is 0 Å². The van der Waals surface area contributed by atoms with Crippen LogP contribution in [0.2, 0.25) is 0 Å². The van der Waals surface area contributed by atoms with Gasteiger partial charge in [-0.1, -0.05) is 27.7 Å². The number of rotatable bonds is 5. The Bertz CT molecular complexity index is 286. The monoisotopic (exact) mass is 270 g/mol. The molecular weight excluding hydrogens is 240 g/mol. The van der Waals surface area contributed by atoms with E-state index in [0.717, 1.165) is 39.0 Å². The van der Waals surface area contributed by atoms with Crippen LogP contribution in [0.25, 0.3) is 0 Å². The average molecular weight is 270 g/mol. The van der Waals surface area contributed by atoms with Crippen molar-refractivity contribution in [3.05, 3.63) is 0 Å². The summed E-state index contributed by atoms with van der Waals surface area (Å²) >= 11 is 0. The van der Waals surface area contributed by atoms with Gasteiger partial charge in [0, 0.05) is 25.0 Å². The lowest BCUT2D eigenvalue weighted by Gasteiger charge is -2.34. The van der Waals surface area contributed by atoms with Crippen molar-refractivity contribution in [1.29, 1.82) is 0 Å². The summed E-state index contributed by atoms with van der Waals surface area (Å²) in [6.45, 7) is 11.4. The Morgan fingerprint density at radius 3 is 2.74 bits per heavy atom. The van der Waals surface area contributed by atoms with Crippen LogP contribution in [0.4, 0.5) is 0 Å². The second-order valence-electron chi connectivity index (χ2n) is 6.79. The topological polar surface area (TPSA) is 52.6 Å². The molecule has 2 N–H and O–H groups in total. The van der Waals surface area contributed by atoms with Gasteiger partial charge in [0.25, 0.3) is 0 Å². The van der Waals surface area contributed by atoms with Gasteiger partial charge in [-0.15, -0.1) is 0 Å². The fourth-order valence-electron chi connectivity index (χ4n) is 2.41. The van der Waals surface area contributed by atoms with Gasteiger partial charge in [-0.3, -0.25) is 4.79 Å². The van der Waals surface area contributed by atoms with Crippen molar-refractivity contribution in [3.63, 3.8) is 0 Å². The number of amides is 1. The number of aliphatic hydroxyl groups is 1. The highest BCUT2D eigenvalue weighted by Gasteiger charge is 2.25. The number of β-amino-alcohol motifs (C(OH)–C–C–N with tert-alkyl or cyclic N) is 1. The van der Waals surface area contributed by atoms with E-state index in [1.54, 1.807) is 0 Å². The molecule has 2 atom stereocenters. The molecule has 0 saturated carbocycles. The number of nitrogens with one attached hydrogen (secondary N) is 1. The maximum absolute atomic E-state index is 11.8. The first kappa shape index (κ1) is 16.4. The number of likely N-dealkylation sites (tertiary alicyclic amines) is 1. The molecule has 0 aromatic rings. The van der Waals surface area contributed by atoms with Crippen molar-refractivity contribution in [2.75, 3.05) is 26.2 Å². The Balaban J connectivity index is 2.33. The number of nitrogens with zero attached hydrogens (tertiary/aromatic N) is 1. The van der Waals surface area contributed by atoms with Crippen molar-refractivity contribution in [3.8, 4) is 0 Å². The molecule has 0 aromatic heterocycles. The highest BCUT2D eigenvalue weighted by atomic mass is 16.3. The van der Waals surface area contributed by atoms with Crippen LogP contribution in [0, 0.1) is 11.3 Å². The lowest BCUT2D eigenvalue weighted by molar-refractivity contribution is -0.128. The molecule has 1 aliphatic rings. The van der Waals surface area contributed by atoms with Crippen LogP contribution in [0.15, 0.2) is 0 Å². The zero-order chi connectivity index (χ0) is 14.5. The molecule has 0 radical (unpaired) electrons. The van der Waals surface area contributed by atoms with Crippen molar-refractivity contribution in [2.45, 2.75) is 53.1 Å². The van der Waals surface area contributed by atoms with Gasteiger partial charge in [0.05, 0.1) is 6.10 Å². The number of carbonyl (C=O) groups is 1. The van der Waals surface area contributed by atoms with E-state index >= 15 is 0 Å². The standard InChI is InChI=1S/C15H30N2O2/c1-5-13(18)11-17-8-6-7-12(10-17)9-16-14(19)15(2,3)4/h12-13,18H,5-11H2,1-4H3,(H,16,19)/t12?,13-/m1/s1. The summed E-state index contributed by atoms with van der Waals surface area (Å²) in [4.78, 5) is 14.2. The summed E-state index contributed by atoms with van der Waals surface area (Å²) in [5.74, 6) is 0.641. The minimum absolute atomic E-state index is 0.123. The van der Waals surface area contributed by atoms with Crippen molar-refractivity contribution < 1.29 is 9.90 Å². The molecule has 0 aromatic carbocycles. The molecule has 0 aliphatic carbocycles. The predicted octanol–water partition coefficient (Wildman–Crippen LogP) is 1.63. The Kier molecular flexibility index (Phi) is 6.27. The van der Waals surface area contributed by atoms with Gasteiger partial charge in [-0.2, -0.15) is 0 Å². The highest BCUT2D eigenvalue weighted by Crippen LogP contribution is 2.18. The largest absolute Gasteiger partial charge is 0.392 e. The molecule has 4 heteroatoms. The smallest absolute Gasteiger partial charge is 0.225 e. The fourth-order valence-corrected chi connectivity index (χ4v) is 2.41. The molecule has 1 rings (SSSR count). The summed E-state index contributed by atoms with van der Waals surface area (Å²) in [7, 11) is 0. The lowest BCUT2D eigenvalue weighted by atomic mass is 9.94. The van der Waals surface area contributed by atoms with E-state index in [2.05, 4.69) is 10.2 Å². The van der Waals surface area contributed by atoms with Crippen molar-refractivity contribution in [1.82, 2.24) is 10.2 Å². The van der Waals surface area contributed by atoms with Crippen molar-refractivity contribution in [2.24, 2.45) is 11.3 Å². The quantitative estimate of drug-likeness (QED) is 0.798. The third-order valence-corrected chi connectivity index (χ3v) is 3.78. The highest BCUT2D eigenvalue weighted by molar-refractivity contribution is 5.81. The normalized spacial score (nSPS) is 23.1. The second-order valence-corrected chi connectivity index (χ2v) is 6.79. The van der Waals surface area contributed by atoms with Crippen LogP contribution < -0.4 is 5.32 Å². The molecular formula is C15H30N2O2. The lowest BCUT2D eigenvalue weighted by Crippen LogP contribution is -2.45. The van der Waals surface area contributed by atoms with E-state index in [0.29, 0.717) is 5.92 Å². The Hall–Kier alpha value is -0.610. The van der Waals surface area contributed by atoms with Gasteiger partial charge in [-0.05, 0) is 31.7 Å². The Morgan fingerprint density at radius 1 is 1.47 bits per heavy atom. The SMILES string of the molecule is CC[C@@H](O)CN1CCCC(CNC(=O)C(C)(C)C)C1. The number of aliphatic hydroxyl groups excluding tert-OH is 1.